The first-order valence-corrected chi connectivity index (χ1v) is 6.41. The summed E-state index contributed by atoms with van der Waals surface area (Å²) in [5.74, 6) is 0.993. The van der Waals surface area contributed by atoms with Crippen LogP contribution in [0, 0.1) is 11.8 Å². The number of hydrogen-bond acceptors (Lipinski definition) is 3. The van der Waals surface area contributed by atoms with Crippen molar-refractivity contribution in [2.45, 2.75) is 58.2 Å². The molecule has 1 spiro atoms. The van der Waals surface area contributed by atoms with Crippen molar-refractivity contribution in [3.8, 4) is 0 Å². The Kier molecular flexibility index (Phi) is 2.77. The van der Waals surface area contributed by atoms with Gasteiger partial charge in [0, 0.05) is 0 Å². The fraction of sp³-hybridized carbons (Fsp3) is 0.923. The highest BCUT2D eigenvalue weighted by Crippen LogP contribution is 2.67. The Morgan fingerprint density at radius 1 is 1.44 bits per heavy atom. The number of carbonyl (C=O) groups excluding carboxylic acids is 1. The second kappa shape index (κ2) is 3.73. The third-order valence-electron chi connectivity index (χ3n) is 4.42. The Balaban J connectivity index is 2.13. The molecule has 3 nitrogen and oxygen atoms in total. The van der Waals surface area contributed by atoms with Crippen LogP contribution in [-0.2, 0) is 14.3 Å². The third kappa shape index (κ3) is 1.27. The van der Waals surface area contributed by atoms with Gasteiger partial charge in [-0.2, -0.15) is 0 Å². The maximum Gasteiger partial charge on any atom is 0.341 e. The van der Waals surface area contributed by atoms with E-state index in [1.807, 2.05) is 6.92 Å². The van der Waals surface area contributed by atoms with Crippen molar-refractivity contribution in [2.75, 3.05) is 6.61 Å². The standard InChI is InChI=1S/C13H22O3/c1-5-7-12(11(14)15-6-2)13(16-12)8-9(3)10(13)4/h9-10H,5-8H2,1-4H3. The minimum Gasteiger partial charge on any atom is -0.464 e. The zero-order valence-corrected chi connectivity index (χ0v) is 10.7. The number of epoxide rings is 1. The average molecular weight is 226 g/mol. The highest BCUT2D eigenvalue weighted by Gasteiger charge is 2.81. The van der Waals surface area contributed by atoms with Crippen molar-refractivity contribution < 1.29 is 14.3 Å². The predicted octanol–water partition coefficient (Wildman–Crippen LogP) is 2.53. The van der Waals surface area contributed by atoms with Gasteiger partial charge in [-0.05, 0) is 31.6 Å². The van der Waals surface area contributed by atoms with E-state index < -0.39 is 5.60 Å². The van der Waals surface area contributed by atoms with Crippen LogP contribution in [0.4, 0.5) is 0 Å². The molecule has 1 aliphatic heterocycles. The largest absolute Gasteiger partial charge is 0.464 e. The van der Waals surface area contributed by atoms with Gasteiger partial charge < -0.3 is 9.47 Å². The average Bonchev–Trinajstić information content (AvgIpc) is 2.92. The lowest BCUT2D eigenvalue weighted by atomic mass is 9.60. The molecule has 1 aliphatic carbocycles. The van der Waals surface area contributed by atoms with Crippen molar-refractivity contribution in [3.05, 3.63) is 0 Å². The minimum absolute atomic E-state index is 0.143. The lowest BCUT2D eigenvalue weighted by molar-refractivity contribution is -0.150. The Morgan fingerprint density at radius 2 is 2.12 bits per heavy atom. The maximum atomic E-state index is 12.0. The second-order valence-electron chi connectivity index (χ2n) is 5.26. The smallest absolute Gasteiger partial charge is 0.341 e. The van der Waals surface area contributed by atoms with Gasteiger partial charge in [-0.3, -0.25) is 0 Å². The van der Waals surface area contributed by atoms with E-state index in [1.54, 1.807) is 0 Å². The monoisotopic (exact) mass is 226 g/mol. The molecule has 4 unspecified atom stereocenters. The van der Waals surface area contributed by atoms with Gasteiger partial charge in [0.25, 0.3) is 0 Å². The molecule has 0 aromatic carbocycles. The van der Waals surface area contributed by atoms with Crippen LogP contribution in [0.2, 0.25) is 0 Å². The zero-order chi connectivity index (χ0) is 12.0. The van der Waals surface area contributed by atoms with Gasteiger partial charge in [0.15, 0.2) is 5.60 Å². The van der Waals surface area contributed by atoms with Crippen molar-refractivity contribution in [2.24, 2.45) is 11.8 Å². The lowest BCUT2D eigenvalue weighted by Gasteiger charge is -2.40. The summed E-state index contributed by atoms with van der Waals surface area (Å²) in [4.78, 5) is 12.0. The topological polar surface area (TPSA) is 38.8 Å². The molecule has 2 rings (SSSR count). The summed E-state index contributed by atoms with van der Waals surface area (Å²) in [5.41, 5.74) is -0.793. The van der Waals surface area contributed by atoms with Gasteiger partial charge in [0.2, 0.25) is 0 Å². The molecule has 4 atom stereocenters. The molecule has 0 aromatic rings. The highest BCUT2D eigenvalue weighted by atomic mass is 16.7. The molecule has 0 amide bonds. The predicted molar refractivity (Wildman–Crippen MR) is 61.0 cm³/mol. The number of hydrogen-bond donors (Lipinski definition) is 0. The molecule has 1 heterocycles. The van der Waals surface area contributed by atoms with Crippen LogP contribution in [0.1, 0.15) is 47.0 Å². The fourth-order valence-corrected chi connectivity index (χ4v) is 3.27. The summed E-state index contributed by atoms with van der Waals surface area (Å²) in [6, 6.07) is 0. The van der Waals surface area contributed by atoms with Crippen LogP contribution in [-0.4, -0.2) is 23.8 Å². The zero-order valence-electron chi connectivity index (χ0n) is 10.7. The molecule has 0 radical (unpaired) electrons. The van der Waals surface area contributed by atoms with E-state index in [9.17, 15) is 4.79 Å². The molecule has 1 saturated heterocycles. The lowest BCUT2D eigenvalue weighted by Crippen LogP contribution is -2.50. The molecule has 92 valence electrons. The molecular weight excluding hydrogens is 204 g/mol. The molecule has 16 heavy (non-hydrogen) atoms. The van der Waals surface area contributed by atoms with Crippen LogP contribution in [0.3, 0.4) is 0 Å². The Hall–Kier alpha value is -0.570. The Labute approximate surface area is 97.5 Å². The molecule has 0 N–H and O–H groups in total. The van der Waals surface area contributed by atoms with Crippen LogP contribution < -0.4 is 0 Å². The van der Waals surface area contributed by atoms with E-state index in [0.717, 1.165) is 19.3 Å². The second-order valence-corrected chi connectivity index (χ2v) is 5.26. The minimum atomic E-state index is -0.607. The van der Waals surface area contributed by atoms with Gasteiger partial charge in [-0.1, -0.05) is 27.2 Å². The maximum absolute atomic E-state index is 12.0. The van der Waals surface area contributed by atoms with Crippen LogP contribution in [0.5, 0.6) is 0 Å². The highest BCUT2D eigenvalue weighted by molar-refractivity contribution is 5.85. The van der Waals surface area contributed by atoms with Crippen molar-refractivity contribution in [1.82, 2.24) is 0 Å². The van der Waals surface area contributed by atoms with E-state index in [0.29, 0.717) is 18.4 Å². The number of carbonyl (C=O) groups is 1. The number of rotatable bonds is 4. The van der Waals surface area contributed by atoms with E-state index in [1.165, 1.54) is 0 Å². The van der Waals surface area contributed by atoms with Gasteiger partial charge >= 0.3 is 5.97 Å². The van der Waals surface area contributed by atoms with E-state index >= 15 is 0 Å². The fourth-order valence-electron chi connectivity index (χ4n) is 3.27. The van der Waals surface area contributed by atoms with Gasteiger partial charge in [-0.15, -0.1) is 0 Å². The molecule has 1 saturated carbocycles. The summed E-state index contributed by atoms with van der Waals surface area (Å²) >= 11 is 0. The Morgan fingerprint density at radius 3 is 2.56 bits per heavy atom. The van der Waals surface area contributed by atoms with Gasteiger partial charge in [0.05, 0.1) is 6.61 Å². The normalized spacial score (nSPS) is 45.2. The molecule has 3 heteroatoms. The summed E-state index contributed by atoms with van der Waals surface area (Å²) in [7, 11) is 0. The molecule has 0 bridgehead atoms. The first-order chi connectivity index (χ1) is 7.54. The van der Waals surface area contributed by atoms with Crippen molar-refractivity contribution in [3.63, 3.8) is 0 Å². The van der Waals surface area contributed by atoms with E-state index in [-0.39, 0.29) is 11.6 Å². The van der Waals surface area contributed by atoms with Crippen LogP contribution >= 0.6 is 0 Å². The van der Waals surface area contributed by atoms with Gasteiger partial charge in [0.1, 0.15) is 5.60 Å². The molecule has 2 aliphatic rings. The Bertz CT molecular complexity index is 302. The van der Waals surface area contributed by atoms with Crippen LogP contribution in [0.25, 0.3) is 0 Å². The third-order valence-corrected chi connectivity index (χ3v) is 4.42. The summed E-state index contributed by atoms with van der Waals surface area (Å²) in [6.45, 7) is 8.78. The number of ether oxygens (including phenoxy) is 2. The SMILES string of the molecule is CCCC1(C(=O)OCC)OC12CC(C)C2C. The quantitative estimate of drug-likeness (QED) is 0.546. The van der Waals surface area contributed by atoms with E-state index in [2.05, 4.69) is 20.8 Å². The summed E-state index contributed by atoms with van der Waals surface area (Å²) in [6.07, 6.45) is 2.76. The summed E-state index contributed by atoms with van der Waals surface area (Å²) in [5, 5.41) is 0. The van der Waals surface area contributed by atoms with Crippen molar-refractivity contribution >= 4 is 5.97 Å². The van der Waals surface area contributed by atoms with Crippen LogP contribution in [0.15, 0.2) is 0 Å². The van der Waals surface area contributed by atoms with E-state index in [4.69, 9.17) is 9.47 Å². The molecule has 2 fully saturated rings. The first kappa shape index (κ1) is 11.9. The van der Waals surface area contributed by atoms with Crippen molar-refractivity contribution in [1.29, 1.82) is 0 Å². The summed E-state index contributed by atoms with van der Waals surface area (Å²) < 4.78 is 11.1. The number of esters is 1. The first-order valence-electron chi connectivity index (χ1n) is 6.41. The molecular formula is C13H22O3. The molecule has 0 aromatic heterocycles. The van der Waals surface area contributed by atoms with Gasteiger partial charge in [-0.25, -0.2) is 4.79 Å².